The number of ketones is 1. The highest BCUT2D eigenvalue weighted by molar-refractivity contribution is 5.99. The molecule has 0 spiro atoms. The fraction of sp³-hybridized carbons (Fsp3) is 0.742. The highest BCUT2D eigenvalue weighted by atomic mass is 16.6. The highest BCUT2D eigenvalue weighted by Crippen LogP contribution is 2.06. The number of carbonyl (C=O) groups excluding carboxylic acids is 2. The molecule has 0 unspecified atom stereocenters. The Labute approximate surface area is 272 Å². The molecule has 15 nitrogen and oxygen atoms in total. The number of rotatable bonds is 35. The van der Waals surface area contributed by atoms with E-state index in [1.54, 1.807) is 24.3 Å². The number of nitrogens with one attached hydrogen (secondary N) is 2. The van der Waals surface area contributed by atoms with Crippen LogP contribution in [0.4, 0.5) is 0 Å². The molecule has 0 radical (unpaired) electrons. The quantitative estimate of drug-likeness (QED) is 0.0616. The number of amides is 1. The maximum Gasteiger partial charge on any atom is 0.251 e. The molecule has 0 aromatic heterocycles. The van der Waals surface area contributed by atoms with E-state index in [0.717, 1.165) is 0 Å². The maximum absolute atomic E-state index is 12.1. The minimum Gasteiger partial charge on any atom is -0.377 e. The molecular weight excluding hydrogens is 606 g/mol. The first kappa shape index (κ1) is 41.6. The van der Waals surface area contributed by atoms with Crippen LogP contribution >= 0.6 is 0 Å². The SMILES string of the molecule is CC(=O)c1cccc(C(=O)NCCOCCOCCOCCOCCOCCOCCOCCOCCOCCOCCN=N)c1. The molecule has 0 aliphatic heterocycles. The lowest BCUT2D eigenvalue weighted by Crippen LogP contribution is -2.27. The van der Waals surface area contributed by atoms with Crippen molar-refractivity contribution < 1.29 is 57.0 Å². The van der Waals surface area contributed by atoms with Gasteiger partial charge in [-0.05, 0) is 19.1 Å². The molecule has 0 fully saturated rings. The topological polar surface area (TPSA) is 175 Å². The first-order valence-electron chi connectivity index (χ1n) is 15.6. The molecule has 1 amide bonds. The minimum absolute atomic E-state index is 0.0812. The Morgan fingerprint density at radius 3 is 1.22 bits per heavy atom. The largest absolute Gasteiger partial charge is 0.377 e. The summed E-state index contributed by atoms with van der Waals surface area (Å²) in [6.07, 6.45) is 0. The molecule has 1 aromatic carbocycles. The minimum atomic E-state index is -0.244. The number of ether oxygens (including phenoxy) is 10. The van der Waals surface area contributed by atoms with Crippen molar-refractivity contribution in [1.29, 1.82) is 5.53 Å². The molecule has 46 heavy (non-hydrogen) atoms. The van der Waals surface area contributed by atoms with Crippen LogP contribution in [0.2, 0.25) is 0 Å². The monoisotopic (exact) mass is 659 g/mol. The summed E-state index contributed by atoms with van der Waals surface area (Å²) in [6, 6.07) is 6.61. The van der Waals surface area contributed by atoms with Crippen LogP contribution in [0.25, 0.3) is 0 Å². The highest BCUT2D eigenvalue weighted by Gasteiger charge is 2.07. The lowest BCUT2D eigenvalue weighted by Gasteiger charge is -2.09. The fourth-order valence-electron chi connectivity index (χ4n) is 3.41. The van der Waals surface area contributed by atoms with Gasteiger partial charge in [0.1, 0.15) is 0 Å². The third-order valence-corrected chi connectivity index (χ3v) is 5.76. The Morgan fingerprint density at radius 2 is 0.870 bits per heavy atom. The van der Waals surface area contributed by atoms with E-state index < -0.39 is 0 Å². The molecule has 0 saturated carbocycles. The number of Topliss-reactive ketones (excluding diaryl/α,β-unsaturated/α-hetero) is 1. The molecule has 15 heteroatoms. The van der Waals surface area contributed by atoms with Gasteiger partial charge in [0.15, 0.2) is 5.78 Å². The fourth-order valence-corrected chi connectivity index (χ4v) is 3.41. The van der Waals surface area contributed by atoms with Crippen LogP contribution in [-0.2, 0) is 47.4 Å². The molecule has 0 bridgehead atoms. The van der Waals surface area contributed by atoms with Gasteiger partial charge >= 0.3 is 0 Å². The maximum atomic E-state index is 12.1. The van der Waals surface area contributed by atoms with E-state index in [4.69, 9.17) is 52.9 Å². The summed E-state index contributed by atoms with van der Waals surface area (Å²) in [5, 5.41) is 5.96. The first-order chi connectivity index (χ1) is 22.6. The van der Waals surface area contributed by atoms with Gasteiger partial charge in [0.05, 0.1) is 139 Å². The van der Waals surface area contributed by atoms with Crippen molar-refractivity contribution in [1.82, 2.24) is 5.32 Å². The molecule has 0 atom stereocenters. The Hall–Kier alpha value is -2.44. The molecule has 1 aromatic rings. The van der Waals surface area contributed by atoms with Gasteiger partial charge in [-0.25, -0.2) is 5.53 Å². The van der Waals surface area contributed by atoms with Gasteiger partial charge in [-0.1, -0.05) is 12.1 Å². The van der Waals surface area contributed by atoms with Gasteiger partial charge in [-0.15, -0.1) is 0 Å². The molecule has 0 aliphatic carbocycles. The van der Waals surface area contributed by atoms with Crippen molar-refractivity contribution >= 4 is 11.7 Å². The zero-order valence-electron chi connectivity index (χ0n) is 27.2. The van der Waals surface area contributed by atoms with Crippen molar-refractivity contribution in [3.05, 3.63) is 35.4 Å². The Morgan fingerprint density at radius 1 is 0.543 bits per heavy atom. The lowest BCUT2D eigenvalue weighted by atomic mass is 10.1. The average Bonchev–Trinajstić information content (AvgIpc) is 3.06. The number of carbonyl (C=O) groups is 2. The van der Waals surface area contributed by atoms with Gasteiger partial charge in [-0.2, -0.15) is 5.11 Å². The normalized spacial score (nSPS) is 11.2. The van der Waals surface area contributed by atoms with E-state index in [0.29, 0.717) is 156 Å². The second kappa shape index (κ2) is 32.5. The smallest absolute Gasteiger partial charge is 0.251 e. The number of hydrogen-bond acceptors (Lipinski definition) is 14. The summed E-state index contributed by atoms with van der Waals surface area (Å²) in [6.45, 7) is 11.6. The van der Waals surface area contributed by atoms with Crippen molar-refractivity contribution in [2.24, 2.45) is 5.11 Å². The second-order valence-corrected chi connectivity index (χ2v) is 9.40. The van der Waals surface area contributed by atoms with Crippen LogP contribution < -0.4 is 5.32 Å². The molecule has 1 rings (SSSR count). The summed E-state index contributed by atoms with van der Waals surface area (Å²) in [4.78, 5) is 23.6. The summed E-state index contributed by atoms with van der Waals surface area (Å²) < 4.78 is 54.2. The van der Waals surface area contributed by atoms with Gasteiger partial charge in [-0.3, -0.25) is 9.59 Å². The van der Waals surface area contributed by atoms with Crippen molar-refractivity contribution in [3.63, 3.8) is 0 Å². The zero-order valence-corrected chi connectivity index (χ0v) is 27.2. The predicted molar refractivity (Wildman–Crippen MR) is 167 cm³/mol. The number of benzene rings is 1. The summed E-state index contributed by atoms with van der Waals surface area (Å²) in [5.41, 5.74) is 7.59. The van der Waals surface area contributed by atoms with Crippen LogP contribution in [0, 0.1) is 5.53 Å². The Kier molecular flexibility index (Phi) is 29.4. The molecule has 0 saturated heterocycles. The standard InChI is InChI=1S/C31H53N3O12/c1-28(35)29-3-2-4-30(27-29)31(36)33-5-7-37-9-11-39-13-15-41-17-19-43-21-23-45-25-26-46-24-22-44-20-18-42-16-14-40-12-10-38-8-6-34-32/h2-4,27,32H,5-26H2,1H3,(H,33,36). The van der Waals surface area contributed by atoms with Gasteiger partial charge in [0, 0.05) is 17.7 Å². The van der Waals surface area contributed by atoms with E-state index in [1.807, 2.05) is 0 Å². The zero-order chi connectivity index (χ0) is 33.2. The molecule has 0 heterocycles. The number of nitrogens with zero attached hydrogens (tertiary/aromatic N) is 1. The lowest BCUT2D eigenvalue weighted by molar-refractivity contribution is -0.0262. The van der Waals surface area contributed by atoms with Gasteiger partial charge in [0.2, 0.25) is 0 Å². The third kappa shape index (κ3) is 26.7. The molecule has 0 aliphatic rings. The average molecular weight is 660 g/mol. The van der Waals surface area contributed by atoms with E-state index in [9.17, 15) is 9.59 Å². The van der Waals surface area contributed by atoms with Crippen molar-refractivity contribution in [2.45, 2.75) is 6.92 Å². The van der Waals surface area contributed by atoms with Gasteiger partial charge in [0.25, 0.3) is 5.91 Å². The first-order valence-corrected chi connectivity index (χ1v) is 15.6. The third-order valence-electron chi connectivity index (χ3n) is 5.76. The number of hydrogen-bond donors (Lipinski definition) is 2. The predicted octanol–water partition coefficient (Wildman–Crippen LogP) is 1.82. The van der Waals surface area contributed by atoms with Gasteiger partial charge < -0.3 is 52.7 Å². The van der Waals surface area contributed by atoms with Crippen LogP contribution in [0.3, 0.4) is 0 Å². The van der Waals surface area contributed by atoms with Crippen LogP contribution in [0.5, 0.6) is 0 Å². The van der Waals surface area contributed by atoms with Crippen LogP contribution in [-0.4, -0.2) is 157 Å². The van der Waals surface area contributed by atoms with Crippen LogP contribution in [0.1, 0.15) is 27.6 Å². The summed E-state index contributed by atoms with van der Waals surface area (Å²) in [5.74, 6) is -0.326. The van der Waals surface area contributed by atoms with Crippen molar-refractivity contribution in [3.8, 4) is 0 Å². The van der Waals surface area contributed by atoms with E-state index in [2.05, 4.69) is 10.4 Å². The van der Waals surface area contributed by atoms with E-state index >= 15 is 0 Å². The van der Waals surface area contributed by atoms with E-state index in [-0.39, 0.29) is 11.7 Å². The van der Waals surface area contributed by atoms with E-state index in [1.165, 1.54) is 6.92 Å². The second-order valence-electron chi connectivity index (χ2n) is 9.40. The Balaban J connectivity index is 1.69. The summed E-state index contributed by atoms with van der Waals surface area (Å²) >= 11 is 0. The van der Waals surface area contributed by atoms with Crippen LogP contribution in [0.15, 0.2) is 29.4 Å². The summed E-state index contributed by atoms with van der Waals surface area (Å²) in [7, 11) is 0. The Bertz CT molecular complexity index is 881. The van der Waals surface area contributed by atoms with Crippen molar-refractivity contribution in [2.75, 3.05) is 145 Å². The molecular formula is C31H53N3O12. The molecule has 2 N–H and O–H groups in total. The molecule has 264 valence electrons.